The molecule has 2 atom stereocenters. The Labute approximate surface area is 110 Å². The predicted octanol–water partition coefficient (Wildman–Crippen LogP) is 1.50. The molecule has 6 heteroatoms. The lowest BCUT2D eigenvalue weighted by molar-refractivity contribution is -0.143. The number of carbonyl (C=O) groups is 1. The number of carboxylic acid groups (broad SMARTS) is 1. The smallest absolute Gasteiger partial charge is 0.308 e. The molecule has 0 spiro atoms. The van der Waals surface area contributed by atoms with Crippen LogP contribution in [0.3, 0.4) is 0 Å². The van der Waals surface area contributed by atoms with Gasteiger partial charge in [-0.05, 0) is 18.4 Å². The molecule has 0 aliphatic carbocycles. The van der Waals surface area contributed by atoms with Crippen LogP contribution in [0.15, 0.2) is 18.6 Å². The van der Waals surface area contributed by atoms with Crippen LogP contribution in [-0.2, 0) is 4.79 Å². The van der Waals surface area contributed by atoms with Crippen LogP contribution in [0.1, 0.15) is 13.3 Å². The number of aromatic nitrogens is 3. The molecular weight excluding hydrogens is 244 g/mol. The minimum absolute atomic E-state index is 0.206. The third kappa shape index (κ3) is 2.03. The van der Waals surface area contributed by atoms with Crippen LogP contribution in [0.4, 0.5) is 5.82 Å². The second kappa shape index (κ2) is 4.53. The van der Waals surface area contributed by atoms with Crippen LogP contribution >= 0.6 is 0 Å². The summed E-state index contributed by atoms with van der Waals surface area (Å²) in [4.78, 5) is 24.9. The highest BCUT2D eigenvalue weighted by atomic mass is 16.4. The lowest BCUT2D eigenvalue weighted by Crippen LogP contribution is -2.43. The molecule has 0 saturated carbocycles. The Kier molecular flexibility index (Phi) is 2.85. The van der Waals surface area contributed by atoms with Crippen molar-refractivity contribution >= 4 is 22.8 Å². The standard InChI is InChI=1S/C13H16N4O2/c1-8-3-5-17(6-10(8)13(18)19)12-9-2-4-14-11(9)15-7-16-12/h2,4,7-8,10H,3,5-6H2,1H3,(H,18,19)(H,14,15,16)/t8-,10-/m0/s1. The molecule has 3 rings (SSSR count). The van der Waals surface area contributed by atoms with E-state index < -0.39 is 5.97 Å². The fourth-order valence-electron chi connectivity index (χ4n) is 2.69. The number of anilines is 1. The monoisotopic (exact) mass is 260 g/mol. The molecule has 1 fully saturated rings. The number of carboxylic acids is 1. The van der Waals surface area contributed by atoms with Gasteiger partial charge in [0.05, 0.1) is 11.3 Å². The Balaban J connectivity index is 1.94. The van der Waals surface area contributed by atoms with E-state index in [2.05, 4.69) is 19.9 Å². The van der Waals surface area contributed by atoms with Gasteiger partial charge in [-0.15, -0.1) is 0 Å². The summed E-state index contributed by atoms with van der Waals surface area (Å²) in [5.41, 5.74) is 0.787. The van der Waals surface area contributed by atoms with Gasteiger partial charge in [-0.25, -0.2) is 9.97 Å². The van der Waals surface area contributed by atoms with E-state index in [0.717, 1.165) is 29.8 Å². The number of aromatic amines is 1. The molecule has 0 unspecified atom stereocenters. The van der Waals surface area contributed by atoms with E-state index in [4.69, 9.17) is 0 Å². The van der Waals surface area contributed by atoms with Gasteiger partial charge < -0.3 is 15.0 Å². The van der Waals surface area contributed by atoms with Gasteiger partial charge in [0.15, 0.2) is 0 Å². The SMILES string of the molecule is C[C@H]1CCN(c2ncnc3[nH]ccc23)C[C@@H]1C(=O)O. The normalized spacial score (nSPS) is 23.7. The Hall–Kier alpha value is -2.11. The average molecular weight is 260 g/mol. The maximum absolute atomic E-state index is 11.3. The van der Waals surface area contributed by atoms with Crippen molar-refractivity contribution in [1.82, 2.24) is 15.0 Å². The molecule has 3 heterocycles. The van der Waals surface area contributed by atoms with Crippen LogP contribution in [0.2, 0.25) is 0 Å². The number of hydrogen-bond acceptors (Lipinski definition) is 4. The molecule has 1 aliphatic rings. The third-order valence-electron chi connectivity index (χ3n) is 3.91. The minimum atomic E-state index is -0.725. The van der Waals surface area contributed by atoms with Crippen LogP contribution in [0.5, 0.6) is 0 Å². The second-order valence-electron chi connectivity index (χ2n) is 5.09. The van der Waals surface area contributed by atoms with Crippen LogP contribution in [0, 0.1) is 11.8 Å². The van der Waals surface area contributed by atoms with Gasteiger partial charge in [0.25, 0.3) is 0 Å². The van der Waals surface area contributed by atoms with Crippen LogP contribution in [0.25, 0.3) is 11.0 Å². The lowest BCUT2D eigenvalue weighted by Gasteiger charge is -2.35. The first kappa shape index (κ1) is 12.0. The summed E-state index contributed by atoms with van der Waals surface area (Å²) in [6.07, 6.45) is 4.21. The second-order valence-corrected chi connectivity index (χ2v) is 5.09. The Morgan fingerprint density at radius 2 is 2.37 bits per heavy atom. The Bertz CT molecular complexity index is 609. The topological polar surface area (TPSA) is 82.1 Å². The van der Waals surface area contributed by atoms with Crippen molar-refractivity contribution < 1.29 is 9.90 Å². The summed E-state index contributed by atoms with van der Waals surface area (Å²) in [5.74, 6) is -0.0315. The number of piperidine rings is 1. The number of nitrogens with zero attached hydrogens (tertiary/aromatic N) is 3. The lowest BCUT2D eigenvalue weighted by atomic mass is 9.87. The quantitative estimate of drug-likeness (QED) is 0.855. The van der Waals surface area contributed by atoms with Crippen LogP contribution in [-0.4, -0.2) is 39.1 Å². The molecule has 1 saturated heterocycles. The van der Waals surface area contributed by atoms with Crippen molar-refractivity contribution in [2.24, 2.45) is 11.8 Å². The highest BCUT2D eigenvalue weighted by Crippen LogP contribution is 2.29. The van der Waals surface area contributed by atoms with E-state index in [1.165, 1.54) is 6.33 Å². The van der Waals surface area contributed by atoms with Crippen molar-refractivity contribution in [1.29, 1.82) is 0 Å². The molecule has 2 N–H and O–H groups in total. The zero-order valence-electron chi connectivity index (χ0n) is 10.7. The molecule has 19 heavy (non-hydrogen) atoms. The van der Waals surface area contributed by atoms with E-state index >= 15 is 0 Å². The van der Waals surface area contributed by atoms with Gasteiger partial charge in [-0.1, -0.05) is 6.92 Å². The number of hydrogen-bond donors (Lipinski definition) is 2. The summed E-state index contributed by atoms with van der Waals surface area (Å²) < 4.78 is 0. The van der Waals surface area contributed by atoms with Gasteiger partial charge in [-0.2, -0.15) is 0 Å². The zero-order chi connectivity index (χ0) is 13.4. The van der Waals surface area contributed by atoms with E-state index in [0.29, 0.717) is 6.54 Å². The zero-order valence-corrected chi connectivity index (χ0v) is 10.7. The molecule has 0 aromatic carbocycles. The number of aliphatic carboxylic acids is 1. The number of fused-ring (bicyclic) bond motifs is 1. The minimum Gasteiger partial charge on any atom is -0.481 e. The first-order valence-corrected chi connectivity index (χ1v) is 6.42. The maximum atomic E-state index is 11.3. The van der Waals surface area contributed by atoms with E-state index in [-0.39, 0.29) is 11.8 Å². The van der Waals surface area contributed by atoms with E-state index in [9.17, 15) is 9.90 Å². The molecule has 2 aromatic heterocycles. The molecule has 100 valence electrons. The van der Waals surface area contributed by atoms with Gasteiger partial charge in [-0.3, -0.25) is 4.79 Å². The summed E-state index contributed by atoms with van der Waals surface area (Å²) in [6.45, 7) is 3.35. The number of rotatable bonds is 2. The molecule has 1 aliphatic heterocycles. The first-order valence-electron chi connectivity index (χ1n) is 6.42. The summed E-state index contributed by atoms with van der Waals surface area (Å²) in [6, 6.07) is 1.93. The van der Waals surface area contributed by atoms with Crippen molar-refractivity contribution in [2.75, 3.05) is 18.0 Å². The highest BCUT2D eigenvalue weighted by Gasteiger charge is 2.32. The van der Waals surface area contributed by atoms with Crippen molar-refractivity contribution in [3.05, 3.63) is 18.6 Å². The number of H-pyrrole nitrogens is 1. The molecule has 0 radical (unpaired) electrons. The van der Waals surface area contributed by atoms with Gasteiger partial charge >= 0.3 is 5.97 Å². The average Bonchev–Trinajstić information content (AvgIpc) is 2.87. The van der Waals surface area contributed by atoms with E-state index in [1.54, 1.807) is 0 Å². The summed E-state index contributed by atoms with van der Waals surface area (Å²) in [7, 11) is 0. The first-order chi connectivity index (χ1) is 9.16. The molecule has 0 bridgehead atoms. The van der Waals surface area contributed by atoms with Gasteiger partial charge in [0, 0.05) is 19.3 Å². The third-order valence-corrected chi connectivity index (χ3v) is 3.91. The molecule has 6 nitrogen and oxygen atoms in total. The fraction of sp³-hybridized carbons (Fsp3) is 0.462. The van der Waals surface area contributed by atoms with Gasteiger partial charge in [0.2, 0.25) is 0 Å². The summed E-state index contributed by atoms with van der Waals surface area (Å²) in [5, 5.41) is 10.2. The van der Waals surface area contributed by atoms with Crippen molar-refractivity contribution in [3.63, 3.8) is 0 Å². The van der Waals surface area contributed by atoms with Gasteiger partial charge in [0.1, 0.15) is 17.8 Å². The van der Waals surface area contributed by atoms with E-state index in [1.807, 2.05) is 19.2 Å². The largest absolute Gasteiger partial charge is 0.481 e. The maximum Gasteiger partial charge on any atom is 0.308 e. The predicted molar refractivity (Wildman–Crippen MR) is 71.0 cm³/mol. The Morgan fingerprint density at radius 1 is 1.53 bits per heavy atom. The van der Waals surface area contributed by atoms with Crippen LogP contribution < -0.4 is 4.90 Å². The Morgan fingerprint density at radius 3 is 3.16 bits per heavy atom. The summed E-state index contributed by atoms with van der Waals surface area (Å²) >= 11 is 0. The molecule has 2 aromatic rings. The molecule has 0 amide bonds. The fourth-order valence-corrected chi connectivity index (χ4v) is 2.69. The van der Waals surface area contributed by atoms with Crippen molar-refractivity contribution in [2.45, 2.75) is 13.3 Å². The number of nitrogens with one attached hydrogen (secondary N) is 1. The van der Waals surface area contributed by atoms with Crippen molar-refractivity contribution in [3.8, 4) is 0 Å². The molecular formula is C13H16N4O2. The highest BCUT2D eigenvalue weighted by molar-refractivity contribution is 5.87.